The molecule has 1 aliphatic heterocycles. The van der Waals surface area contributed by atoms with Crippen LogP contribution < -0.4 is 15.0 Å². The van der Waals surface area contributed by atoms with E-state index in [1.807, 2.05) is 17.9 Å². The van der Waals surface area contributed by atoms with Gasteiger partial charge in [0.25, 0.3) is 5.56 Å². The number of rotatable bonds is 11. The first-order valence-electron chi connectivity index (χ1n) is 17.5. The zero-order valence-corrected chi connectivity index (χ0v) is 31.1. The van der Waals surface area contributed by atoms with Gasteiger partial charge in [-0.25, -0.2) is 13.9 Å². The summed E-state index contributed by atoms with van der Waals surface area (Å²) in [6.45, 7) is 15.6. The largest absolute Gasteiger partial charge is 0.477 e. The normalized spacial score (nSPS) is 15.4. The zero-order chi connectivity index (χ0) is 34.9. The molecule has 49 heavy (non-hydrogen) atoms. The van der Waals surface area contributed by atoms with E-state index in [4.69, 9.17) is 19.3 Å². The van der Waals surface area contributed by atoms with Crippen LogP contribution in [0, 0.1) is 11.5 Å². The minimum absolute atomic E-state index is 0.0922. The summed E-state index contributed by atoms with van der Waals surface area (Å²) in [7, 11) is 1.62. The lowest BCUT2D eigenvalue weighted by atomic mass is 10.1. The van der Waals surface area contributed by atoms with Gasteiger partial charge in [0.15, 0.2) is 6.23 Å². The molecule has 0 aliphatic carbocycles. The molecule has 1 aliphatic rings. The topological polar surface area (TPSA) is 103 Å². The lowest BCUT2D eigenvalue weighted by Crippen LogP contribution is -2.43. The minimum Gasteiger partial charge on any atom is -0.477 e. The lowest BCUT2D eigenvalue weighted by Gasteiger charge is -2.38. The van der Waals surface area contributed by atoms with Gasteiger partial charge in [0.05, 0.1) is 30.5 Å². The van der Waals surface area contributed by atoms with Gasteiger partial charge in [-0.1, -0.05) is 53.5 Å². The van der Waals surface area contributed by atoms with Gasteiger partial charge in [0.1, 0.15) is 19.3 Å². The van der Waals surface area contributed by atoms with Crippen molar-refractivity contribution in [3.05, 3.63) is 58.9 Å². The Hall–Kier alpha value is -4.34. The van der Waals surface area contributed by atoms with Crippen molar-refractivity contribution in [2.75, 3.05) is 19.8 Å². The molecule has 5 aromatic rings. The highest BCUT2D eigenvalue weighted by molar-refractivity contribution is 6.90. The summed E-state index contributed by atoms with van der Waals surface area (Å²) in [6.07, 6.45) is 8.92. The molecule has 1 fully saturated rings. The maximum Gasteiger partial charge on any atom is 0.276 e. The highest BCUT2D eigenvalue weighted by Gasteiger charge is 2.41. The second-order valence-electron chi connectivity index (χ2n) is 14.1. The summed E-state index contributed by atoms with van der Waals surface area (Å²) < 4.78 is 25.2. The first-order chi connectivity index (χ1) is 23.5. The van der Waals surface area contributed by atoms with Gasteiger partial charge in [0.2, 0.25) is 11.8 Å². The first-order valence-corrected chi connectivity index (χ1v) is 19.7. The second kappa shape index (κ2) is 14.3. The van der Waals surface area contributed by atoms with Crippen LogP contribution in [0.3, 0.4) is 0 Å². The van der Waals surface area contributed by atoms with E-state index in [2.05, 4.69) is 81.4 Å². The zero-order valence-electron chi connectivity index (χ0n) is 30.1. The number of fused-ring (bicyclic) bond motifs is 2. The molecule has 1 saturated heterocycles. The molecule has 0 saturated carbocycles. The summed E-state index contributed by atoms with van der Waals surface area (Å²) in [5.41, 5.74) is 9.54. The van der Waals surface area contributed by atoms with E-state index >= 15 is 0 Å². The fourth-order valence-electron chi connectivity index (χ4n) is 7.46. The Kier molecular flexibility index (Phi) is 10.0. The molecule has 0 radical (unpaired) electrons. The molecular formula is C37H49N7O4Si. The van der Waals surface area contributed by atoms with E-state index < -0.39 is 8.07 Å². The molecule has 11 nitrogen and oxygen atoms in total. The van der Waals surface area contributed by atoms with E-state index in [1.165, 1.54) is 9.08 Å². The van der Waals surface area contributed by atoms with Crippen molar-refractivity contribution in [1.82, 2.24) is 33.7 Å². The molecule has 1 unspecified atom stereocenters. The van der Waals surface area contributed by atoms with Crippen LogP contribution in [0.25, 0.3) is 27.5 Å². The van der Waals surface area contributed by atoms with Gasteiger partial charge in [-0.3, -0.25) is 4.79 Å². The maximum atomic E-state index is 12.3. The summed E-state index contributed by atoms with van der Waals surface area (Å²) in [5.74, 6) is 4.73. The van der Waals surface area contributed by atoms with Crippen LogP contribution in [-0.2, 0) is 18.8 Å². The van der Waals surface area contributed by atoms with Gasteiger partial charge in [-0.2, -0.15) is 10.2 Å². The number of nitrogens with zero attached hydrogens (tertiary/aromatic N) is 7. The molecule has 0 amide bonds. The van der Waals surface area contributed by atoms with Gasteiger partial charge >= 0.3 is 0 Å². The van der Waals surface area contributed by atoms with Gasteiger partial charge in [-0.05, 0) is 53.6 Å². The number of aryl methyl sites for hydroxylation is 2. The summed E-state index contributed by atoms with van der Waals surface area (Å²) >= 11 is 0. The quantitative estimate of drug-likeness (QED) is 0.0848. The third-order valence-electron chi connectivity index (χ3n) is 10.1. The Labute approximate surface area is 289 Å². The number of aromatic nitrogens is 7. The lowest BCUT2D eigenvalue weighted by molar-refractivity contribution is -0.0367. The van der Waals surface area contributed by atoms with Crippen LogP contribution in [0.4, 0.5) is 0 Å². The Bertz CT molecular complexity index is 2030. The van der Waals surface area contributed by atoms with E-state index in [1.54, 1.807) is 30.2 Å². The Morgan fingerprint density at radius 3 is 2.43 bits per heavy atom. The highest BCUT2D eigenvalue weighted by atomic mass is 28.3. The number of ether oxygens (including phenoxy) is 3. The molecular weight excluding hydrogens is 635 g/mol. The van der Waals surface area contributed by atoms with Crippen molar-refractivity contribution in [3.63, 3.8) is 0 Å². The average Bonchev–Trinajstić information content (AvgIpc) is 3.78. The molecule has 5 heterocycles. The molecule has 6 rings (SSSR count). The third kappa shape index (κ3) is 6.66. The molecule has 0 spiro atoms. The van der Waals surface area contributed by atoms with Crippen molar-refractivity contribution in [2.45, 2.75) is 90.1 Å². The van der Waals surface area contributed by atoms with Crippen molar-refractivity contribution < 1.29 is 14.2 Å². The van der Waals surface area contributed by atoms with Crippen LogP contribution in [0.2, 0.25) is 16.6 Å². The van der Waals surface area contributed by atoms with Crippen LogP contribution in [0.15, 0.2) is 47.7 Å². The minimum atomic E-state index is -1.97. The summed E-state index contributed by atoms with van der Waals surface area (Å²) in [6, 6.07) is 8.08. The molecule has 0 bridgehead atoms. The van der Waals surface area contributed by atoms with Crippen LogP contribution in [0.1, 0.15) is 79.1 Å². The van der Waals surface area contributed by atoms with Crippen molar-refractivity contribution in [3.8, 4) is 34.4 Å². The van der Waals surface area contributed by atoms with Crippen molar-refractivity contribution in [2.24, 2.45) is 14.1 Å². The maximum absolute atomic E-state index is 12.3. The second-order valence-corrected chi connectivity index (χ2v) is 19.6. The first kappa shape index (κ1) is 34.5. The van der Waals surface area contributed by atoms with E-state index in [-0.39, 0.29) is 11.8 Å². The molecule has 1 atom stereocenters. The standard InChI is InChI=1S/C37H49N7O4Si/c1-25(2)49(26(3)4,27(5)6)21-15-31-29-22-28(13-14-32(29)44(39-31)35-12-9-10-18-47-35)30-24-38-42(8)37(30)48-20-11-19-46-34-23-33-36(45)41(7)16-17-43(33)40-34/h13-14,16-17,22-27,35H,9-12,18-20H2,1-8H3. The molecule has 1 aromatic carbocycles. The van der Waals surface area contributed by atoms with Crippen LogP contribution >= 0.6 is 0 Å². The molecule has 260 valence electrons. The molecule has 12 heteroatoms. The van der Waals surface area contributed by atoms with Crippen LogP contribution in [-0.4, -0.2) is 61.6 Å². The Balaban J connectivity index is 1.26. The summed E-state index contributed by atoms with van der Waals surface area (Å²) in [4.78, 5) is 12.3. The third-order valence-corrected chi connectivity index (χ3v) is 16.3. The number of benzene rings is 1. The molecule has 0 N–H and O–H groups in total. The summed E-state index contributed by atoms with van der Waals surface area (Å²) in [5, 5.41) is 15.0. The van der Waals surface area contributed by atoms with Gasteiger partial charge in [-0.15, -0.1) is 10.6 Å². The van der Waals surface area contributed by atoms with Crippen molar-refractivity contribution >= 4 is 24.5 Å². The SMILES string of the molecule is CC(C)[Si](C#Cc1nn(C2CCCCO2)c2ccc(-c3cnn(C)c3OCCCOc3cc4c(=O)n(C)ccn4n3)cc12)(C(C)C)C(C)C. The Morgan fingerprint density at radius 2 is 1.71 bits per heavy atom. The highest BCUT2D eigenvalue weighted by Crippen LogP contribution is 2.41. The van der Waals surface area contributed by atoms with Crippen molar-refractivity contribution in [1.29, 1.82) is 0 Å². The van der Waals surface area contributed by atoms with E-state index in [0.717, 1.165) is 53.6 Å². The monoisotopic (exact) mass is 683 g/mol. The fraction of sp³-hybridized carbons (Fsp3) is 0.514. The smallest absolute Gasteiger partial charge is 0.276 e. The average molecular weight is 684 g/mol. The van der Waals surface area contributed by atoms with Gasteiger partial charge in [0, 0.05) is 51.0 Å². The Morgan fingerprint density at radius 1 is 0.959 bits per heavy atom. The fourth-order valence-corrected chi connectivity index (χ4v) is 12.7. The predicted molar refractivity (Wildman–Crippen MR) is 195 cm³/mol. The van der Waals surface area contributed by atoms with E-state index in [0.29, 0.717) is 53.5 Å². The predicted octanol–water partition coefficient (Wildman–Crippen LogP) is 6.90. The number of hydrogen-bond donors (Lipinski definition) is 0. The number of hydrogen-bond acceptors (Lipinski definition) is 7. The van der Waals surface area contributed by atoms with Crippen LogP contribution in [0.5, 0.6) is 11.8 Å². The van der Waals surface area contributed by atoms with E-state index in [9.17, 15) is 4.79 Å². The molecule has 4 aromatic heterocycles. The van der Waals surface area contributed by atoms with Gasteiger partial charge < -0.3 is 18.8 Å².